The van der Waals surface area contributed by atoms with Crippen molar-refractivity contribution < 1.29 is 22.7 Å². The molecule has 0 aliphatic rings. The van der Waals surface area contributed by atoms with E-state index < -0.39 is 17.5 Å². The lowest BCUT2D eigenvalue weighted by atomic mass is 10.1. The minimum atomic E-state index is -0.728. The number of hydrogen-bond acceptors (Lipinski definition) is 4. The van der Waals surface area contributed by atoms with E-state index in [1.165, 1.54) is 22.9 Å². The number of furan rings is 1. The van der Waals surface area contributed by atoms with E-state index in [-0.39, 0.29) is 46.9 Å². The molecule has 2 aromatic carbocycles. The van der Waals surface area contributed by atoms with Gasteiger partial charge in [0.05, 0.1) is 24.1 Å². The van der Waals surface area contributed by atoms with Crippen LogP contribution in [0.1, 0.15) is 28.3 Å². The van der Waals surface area contributed by atoms with Crippen LogP contribution in [0.4, 0.5) is 13.2 Å². The number of rotatable bonds is 5. The first-order valence-corrected chi connectivity index (χ1v) is 10.2. The smallest absolute Gasteiger partial charge is 0.219 e. The van der Waals surface area contributed by atoms with Crippen molar-refractivity contribution in [3.8, 4) is 17.1 Å². The van der Waals surface area contributed by atoms with Crippen LogP contribution in [0.15, 0.2) is 65.4 Å². The van der Waals surface area contributed by atoms with Crippen molar-refractivity contribution in [3.63, 3.8) is 0 Å². The molecule has 166 valence electrons. The molecule has 0 spiro atoms. The summed E-state index contributed by atoms with van der Waals surface area (Å²) in [5.74, 6) is -1.54. The average molecular weight is 449 g/mol. The standard InChI is InChI=1S/C25H18F3N3O2/c1-14-5-2-7-16(23(14)28)22-13-31-24(30-21(25(31)32)11-15-6-4-10-33-15)20(29-22)12-17-18(26)8-3-9-19(17)27/h2-10,13,32H,11-12H2,1H3. The summed E-state index contributed by atoms with van der Waals surface area (Å²) in [6, 6.07) is 11.9. The van der Waals surface area contributed by atoms with Gasteiger partial charge >= 0.3 is 0 Å². The highest BCUT2D eigenvalue weighted by Gasteiger charge is 2.21. The summed E-state index contributed by atoms with van der Waals surface area (Å²) in [6.45, 7) is 1.63. The molecule has 3 aromatic heterocycles. The number of benzene rings is 2. The average Bonchev–Trinajstić information content (AvgIpc) is 3.41. The third-order valence-electron chi connectivity index (χ3n) is 5.52. The Balaban J connectivity index is 1.72. The maximum absolute atomic E-state index is 14.9. The maximum Gasteiger partial charge on any atom is 0.219 e. The molecule has 0 radical (unpaired) electrons. The molecule has 0 atom stereocenters. The van der Waals surface area contributed by atoms with Crippen molar-refractivity contribution >= 4 is 5.65 Å². The van der Waals surface area contributed by atoms with Crippen LogP contribution < -0.4 is 0 Å². The predicted molar refractivity (Wildman–Crippen MR) is 115 cm³/mol. The zero-order valence-corrected chi connectivity index (χ0v) is 17.5. The Hall–Kier alpha value is -4.07. The number of fused-ring (bicyclic) bond motifs is 1. The predicted octanol–water partition coefficient (Wildman–Crippen LogP) is 5.60. The molecule has 5 aromatic rings. The molecule has 5 rings (SSSR count). The monoisotopic (exact) mass is 449 g/mol. The fourth-order valence-electron chi connectivity index (χ4n) is 3.80. The van der Waals surface area contributed by atoms with Gasteiger partial charge in [0.2, 0.25) is 5.88 Å². The van der Waals surface area contributed by atoms with Crippen LogP contribution >= 0.6 is 0 Å². The van der Waals surface area contributed by atoms with Crippen molar-refractivity contribution in [2.75, 3.05) is 0 Å². The first kappa shape index (κ1) is 20.8. The zero-order valence-electron chi connectivity index (χ0n) is 17.5. The molecule has 0 bridgehead atoms. The van der Waals surface area contributed by atoms with E-state index in [0.717, 1.165) is 12.1 Å². The Bertz CT molecular complexity index is 1460. The van der Waals surface area contributed by atoms with E-state index in [9.17, 15) is 18.3 Å². The summed E-state index contributed by atoms with van der Waals surface area (Å²) in [4.78, 5) is 8.98. The molecule has 0 aliphatic carbocycles. The fourth-order valence-corrected chi connectivity index (χ4v) is 3.80. The highest BCUT2D eigenvalue weighted by Crippen LogP contribution is 2.30. The number of hydrogen-bond donors (Lipinski definition) is 1. The van der Waals surface area contributed by atoms with Gasteiger partial charge in [0.25, 0.3) is 0 Å². The van der Waals surface area contributed by atoms with Crippen LogP contribution in [-0.4, -0.2) is 19.5 Å². The van der Waals surface area contributed by atoms with E-state index >= 15 is 0 Å². The lowest BCUT2D eigenvalue weighted by molar-refractivity contribution is 0.438. The Morgan fingerprint density at radius 1 is 0.909 bits per heavy atom. The number of imidazole rings is 1. The minimum Gasteiger partial charge on any atom is -0.493 e. The quantitative estimate of drug-likeness (QED) is 0.379. The summed E-state index contributed by atoms with van der Waals surface area (Å²) in [6.07, 6.45) is 2.93. The van der Waals surface area contributed by atoms with Crippen LogP contribution in [0.5, 0.6) is 5.88 Å². The van der Waals surface area contributed by atoms with E-state index in [4.69, 9.17) is 4.42 Å². The van der Waals surface area contributed by atoms with E-state index in [1.54, 1.807) is 37.3 Å². The summed E-state index contributed by atoms with van der Waals surface area (Å²) in [5.41, 5.74) is 1.34. The van der Waals surface area contributed by atoms with Crippen LogP contribution in [-0.2, 0) is 12.8 Å². The minimum absolute atomic E-state index is 0.187. The van der Waals surface area contributed by atoms with Crippen LogP contribution in [0.25, 0.3) is 16.9 Å². The van der Waals surface area contributed by atoms with E-state index in [1.807, 2.05) is 0 Å². The molecule has 3 heterocycles. The van der Waals surface area contributed by atoms with Crippen LogP contribution in [0, 0.1) is 24.4 Å². The lowest BCUT2D eigenvalue weighted by Crippen LogP contribution is -2.04. The van der Waals surface area contributed by atoms with Gasteiger partial charge in [-0.2, -0.15) is 0 Å². The van der Waals surface area contributed by atoms with Gasteiger partial charge in [0, 0.05) is 23.7 Å². The van der Waals surface area contributed by atoms with E-state index in [0.29, 0.717) is 17.0 Å². The third-order valence-corrected chi connectivity index (χ3v) is 5.52. The van der Waals surface area contributed by atoms with Crippen molar-refractivity contribution in [2.24, 2.45) is 0 Å². The zero-order chi connectivity index (χ0) is 23.1. The Morgan fingerprint density at radius 3 is 2.39 bits per heavy atom. The first-order chi connectivity index (χ1) is 15.9. The number of aromatic nitrogens is 3. The molecular weight excluding hydrogens is 431 g/mol. The Morgan fingerprint density at radius 2 is 1.67 bits per heavy atom. The SMILES string of the molecule is Cc1cccc(-c2cn3c(O)c(Cc4ccco4)nc3c(Cc3c(F)cccc3F)n2)c1F. The van der Waals surface area contributed by atoms with Crippen LogP contribution in [0.2, 0.25) is 0 Å². The summed E-state index contributed by atoms with van der Waals surface area (Å²) < 4.78 is 50.4. The highest BCUT2D eigenvalue weighted by molar-refractivity contribution is 5.64. The Labute approximate surface area is 186 Å². The molecule has 0 unspecified atom stereocenters. The molecule has 8 heteroatoms. The first-order valence-electron chi connectivity index (χ1n) is 10.2. The maximum atomic E-state index is 14.9. The van der Waals surface area contributed by atoms with Gasteiger partial charge in [-0.15, -0.1) is 0 Å². The number of halogens is 3. The van der Waals surface area contributed by atoms with Gasteiger partial charge in [-0.1, -0.05) is 18.2 Å². The van der Waals surface area contributed by atoms with Crippen molar-refractivity contribution in [1.29, 1.82) is 0 Å². The fraction of sp³-hybridized carbons (Fsp3) is 0.120. The molecule has 33 heavy (non-hydrogen) atoms. The normalized spacial score (nSPS) is 11.4. The van der Waals surface area contributed by atoms with Gasteiger partial charge in [-0.25, -0.2) is 23.1 Å². The van der Waals surface area contributed by atoms with Gasteiger partial charge in [-0.3, -0.25) is 4.40 Å². The molecular formula is C25H18F3N3O2. The van der Waals surface area contributed by atoms with Gasteiger partial charge in [-0.05, 0) is 42.8 Å². The largest absolute Gasteiger partial charge is 0.493 e. The molecule has 1 N–H and O–H groups in total. The third kappa shape index (κ3) is 3.73. The molecule has 0 amide bonds. The molecule has 0 aliphatic heterocycles. The summed E-state index contributed by atoms with van der Waals surface area (Å²) in [7, 11) is 0. The molecule has 5 nitrogen and oxygen atoms in total. The van der Waals surface area contributed by atoms with Gasteiger partial charge in [0.15, 0.2) is 5.65 Å². The second-order valence-electron chi connectivity index (χ2n) is 7.72. The van der Waals surface area contributed by atoms with Crippen LogP contribution in [0.3, 0.4) is 0 Å². The van der Waals surface area contributed by atoms with E-state index in [2.05, 4.69) is 9.97 Å². The van der Waals surface area contributed by atoms with Crippen molar-refractivity contribution in [1.82, 2.24) is 14.4 Å². The second-order valence-corrected chi connectivity index (χ2v) is 7.72. The summed E-state index contributed by atoms with van der Waals surface area (Å²) >= 11 is 0. The summed E-state index contributed by atoms with van der Waals surface area (Å²) in [5, 5.41) is 10.9. The number of nitrogens with zero attached hydrogens (tertiary/aromatic N) is 3. The molecule has 0 saturated heterocycles. The number of aromatic hydroxyl groups is 1. The second kappa shape index (κ2) is 8.12. The van der Waals surface area contributed by atoms with Crippen molar-refractivity contribution in [3.05, 3.63) is 107 Å². The number of aryl methyl sites for hydroxylation is 1. The lowest BCUT2D eigenvalue weighted by Gasteiger charge is -2.11. The molecule has 0 saturated carbocycles. The van der Waals surface area contributed by atoms with Crippen molar-refractivity contribution in [2.45, 2.75) is 19.8 Å². The Kier molecular flexibility index (Phi) is 5.12. The van der Waals surface area contributed by atoms with Gasteiger partial charge in [0.1, 0.15) is 28.9 Å². The highest BCUT2D eigenvalue weighted by atomic mass is 19.1. The molecule has 0 fully saturated rings. The topological polar surface area (TPSA) is 63.6 Å². The van der Waals surface area contributed by atoms with Gasteiger partial charge < -0.3 is 9.52 Å².